The summed E-state index contributed by atoms with van der Waals surface area (Å²) in [6.45, 7) is 0.514. The number of hydrogen-bond donors (Lipinski definition) is 1. The van der Waals surface area contributed by atoms with Crippen LogP contribution in [0.3, 0.4) is 0 Å². The maximum atomic E-state index is 12.0. The maximum absolute atomic E-state index is 12.0. The van der Waals surface area contributed by atoms with E-state index in [4.69, 9.17) is 25.8 Å². The van der Waals surface area contributed by atoms with Crippen LogP contribution in [0.15, 0.2) is 12.1 Å². The molecular formula is C13H18ClNO4. The van der Waals surface area contributed by atoms with Gasteiger partial charge in [0.15, 0.2) is 11.5 Å². The van der Waals surface area contributed by atoms with Crippen LogP contribution in [0, 0.1) is 0 Å². The first-order chi connectivity index (χ1) is 9.19. The normalized spacial score (nSPS) is 9.89. The Morgan fingerprint density at radius 2 is 1.84 bits per heavy atom. The molecule has 0 unspecified atom stereocenters. The summed E-state index contributed by atoms with van der Waals surface area (Å²) in [7, 11) is 4.50. The Morgan fingerprint density at radius 1 is 1.16 bits per heavy atom. The number of hydrogen-bond acceptors (Lipinski definition) is 4. The third kappa shape index (κ3) is 3.67. The molecule has 5 nitrogen and oxygen atoms in total. The Hall–Kier alpha value is -1.62. The smallest absolute Gasteiger partial charge is 0.255 e. The molecule has 0 bridgehead atoms. The number of methoxy groups -OCH3 is 3. The second-order valence-electron chi connectivity index (χ2n) is 3.68. The molecule has 1 N–H and O–H groups in total. The third-order valence-electron chi connectivity index (χ3n) is 2.54. The second kappa shape index (κ2) is 7.74. The lowest BCUT2D eigenvalue weighted by Gasteiger charge is -2.15. The van der Waals surface area contributed by atoms with Crippen LogP contribution in [0.25, 0.3) is 0 Å². The van der Waals surface area contributed by atoms with Gasteiger partial charge in [0.05, 0.1) is 26.9 Å². The van der Waals surface area contributed by atoms with Crippen LogP contribution in [-0.4, -0.2) is 39.7 Å². The van der Waals surface area contributed by atoms with Crippen molar-refractivity contribution in [3.05, 3.63) is 17.7 Å². The highest BCUT2D eigenvalue weighted by Crippen LogP contribution is 2.39. The highest BCUT2D eigenvalue weighted by Gasteiger charge is 2.20. The molecule has 106 valence electrons. The summed E-state index contributed by atoms with van der Waals surface area (Å²) in [5.74, 6) is 1.53. The predicted octanol–water partition coefficient (Wildman–Crippen LogP) is 2.07. The molecule has 0 aliphatic rings. The first-order valence-electron chi connectivity index (χ1n) is 5.82. The minimum atomic E-state index is -0.233. The first-order valence-corrected chi connectivity index (χ1v) is 6.36. The second-order valence-corrected chi connectivity index (χ2v) is 4.06. The molecule has 0 radical (unpaired) electrons. The molecule has 6 heteroatoms. The van der Waals surface area contributed by atoms with Gasteiger partial charge in [-0.3, -0.25) is 4.79 Å². The number of benzene rings is 1. The lowest BCUT2D eigenvalue weighted by molar-refractivity contribution is 0.0950. The molecule has 0 aliphatic heterocycles. The quantitative estimate of drug-likeness (QED) is 0.616. The third-order valence-corrected chi connectivity index (χ3v) is 2.81. The van der Waals surface area contributed by atoms with Crippen LogP contribution in [0.2, 0.25) is 0 Å². The molecule has 0 saturated carbocycles. The van der Waals surface area contributed by atoms with Crippen LogP contribution >= 0.6 is 11.6 Å². The van der Waals surface area contributed by atoms with Crippen molar-refractivity contribution in [1.82, 2.24) is 5.32 Å². The number of nitrogens with one attached hydrogen (secondary N) is 1. The lowest BCUT2D eigenvalue weighted by Crippen LogP contribution is -2.25. The molecule has 0 saturated heterocycles. The Bertz CT molecular complexity index is 437. The van der Waals surface area contributed by atoms with Gasteiger partial charge >= 0.3 is 0 Å². The van der Waals surface area contributed by atoms with Crippen LogP contribution in [0.5, 0.6) is 17.2 Å². The number of alkyl halides is 1. The molecule has 0 fully saturated rings. The number of rotatable bonds is 7. The topological polar surface area (TPSA) is 56.8 Å². The van der Waals surface area contributed by atoms with Gasteiger partial charge in [0, 0.05) is 12.4 Å². The average molecular weight is 288 g/mol. The van der Waals surface area contributed by atoms with Gasteiger partial charge in [0.1, 0.15) is 0 Å². The van der Waals surface area contributed by atoms with E-state index in [0.717, 1.165) is 0 Å². The number of amides is 1. The fourth-order valence-electron chi connectivity index (χ4n) is 1.64. The van der Waals surface area contributed by atoms with Crippen molar-refractivity contribution in [2.45, 2.75) is 6.42 Å². The van der Waals surface area contributed by atoms with Gasteiger partial charge in [0.25, 0.3) is 5.91 Å². The summed E-state index contributed by atoms with van der Waals surface area (Å²) in [5.41, 5.74) is 0.398. The van der Waals surface area contributed by atoms with E-state index in [0.29, 0.717) is 41.7 Å². The molecule has 1 rings (SSSR count). The molecular weight excluding hydrogens is 270 g/mol. The number of ether oxygens (including phenoxy) is 3. The highest BCUT2D eigenvalue weighted by molar-refractivity contribution is 6.17. The minimum absolute atomic E-state index is 0.233. The van der Waals surface area contributed by atoms with E-state index in [9.17, 15) is 4.79 Å². The fourth-order valence-corrected chi connectivity index (χ4v) is 1.78. The fraction of sp³-hybridized carbons (Fsp3) is 0.462. The van der Waals surface area contributed by atoms with Crippen molar-refractivity contribution in [3.8, 4) is 17.2 Å². The van der Waals surface area contributed by atoms with Crippen LogP contribution in [0.4, 0.5) is 0 Å². The summed E-state index contributed by atoms with van der Waals surface area (Å²) in [5, 5.41) is 2.76. The Labute approximate surface area is 117 Å². The van der Waals surface area contributed by atoms with Gasteiger partial charge in [-0.25, -0.2) is 0 Å². The first kappa shape index (κ1) is 15.4. The summed E-state index contributed by atoms with van der Waals surface area (Å²) in [4.78, 5) is 12.0. The lowest BCUT2D eigenvalue weighted by atomic mass is 10.1. The molecule has 0 atom stereocenters. The summed E-state index contributed by atoms with van der Waals surface area (Å²) >= 11 is 5.56. The largest absolute Gasteiger partial charge is 0.493 e. The van der Waals surface area contributed by atoms with Gasteiger partial charge in [-0.15, -0.1) is 11.6 Å². The van der Waals surface area contributed by atoms with Crippen LogP contribution < -0.4 is 19.5 Å². The number of carbonyl (C=O) groups is 1. The van der Waals surface area contributed by atoms with Crippen LogP contribution in [-0.2, 0) is 0 Å². The van der Waals surface area contributed by atoms with Gasteiger partial charge < -0.3 is 19.5 Å². The van der Waals surface area contributed by atoms with Gasteiger partial charge in [0.2, 0.25) is 5.75 Å². The Balaban J connectivity index is 3.03. The van der Waals surface area contributed by atoms with Crippen molar-refractivity contribution >= 4 is 17.5 Å². The molecule has 0 aromatic heterocycles. The molecule has 0 heterocycles. The summed E-state index contributed by atoms with van der Waals surface area (Å²) in [6.07, 6.45) is 0.711. The minimum Gasteiger partial charge on any atom is -0.493 e. The molecule has 1 amide bonds. The zero-order chi connectivity index (χ0) is 14.3. The average Bonchev–Trinajstić information content (AvgIpc) is 2.45. The molecule has 0 aliphatic carbocycles. The van der Waals surface area contributed by atoms with Crippen molar-refractivity contribution in [1.29, 1.82) is 0 Å². The van der Waals surface area contributed by atoms with E-state index in [-0.39, 0.29) is 5.91 Å². The van der Waals surface area contributed by atoms with Gasteiger partial charge in [-0.2, -0.15) is 0 Å². The summed E-state index contributed by atoms with van der Waals surface area (Å²) in [6, 6.07) is 3.30. The molecule has 1 aromatic carbocycles. The van der Waals surface area contributed by atoms with Gasteiger partial charge in [-0.05, 0) is 18.6 Å². The van der Waals surface area contributed by atoms with Crippen molar-refractivity contribution in [2.24, 2.45) is 0 Å². The Morgan fingerprint density at radius 3 is 2.37 bits per heavy atom. The van der Waals surface area contributed by atoms with Crippen LogP contribution in [0.1, 0.15) is 16.8 Å². The summed E-state index contributed by atoms with van der Waals surface area (Å²) < 4.78 is 15.6. The zero-order valence-corrected chi connectivity index (χ0v) is 12.0. The van der Waals surface area contributed by atoms with E-state index >= 15 is 0 Å². The predicted molar refractivity (Wildman–Crippen MR) is 73.8 cm³/mol. The van der Waals surface area contributed by atoms with E-state index < -0.39 is 0 Å². The highest BCUT2D eigenvalue weighted by atomic mass is 35.5. The monoisotopic (exact) mass is 287 g/mol. The van der Waals surface area contributed by atoms with E-state index in [2.05, 4.69) is 5.32 Å². The van der Waals surface area contributed by atoms with E-state index in [1.165, 1.54) is 21.3 Å². The van der Waals surface area contributed by atoms with Crippen molar-refractivity contribution in [3.63, 3.8) is 0 Å². The van der Waals surface area contributed by atoms with Crippen molar-refractivity contribution < 1.29 is 19.0 Å². The standard InChI is InChI=1S/C13H18ClNO4/c1-17-10-6-5-9(11(18-2)12(10)19-3)13(16)15-8-4-7-14/h5-6H,4,7-8H2,1-3H3,(H,15,16). The number of halogens is 1. The number of carbonyl (C=O) groups excluding carboxylic acids is 1. The van der Waals surface area contributed by atoms with E-state index in [1.807, 2.05) is 0 Å². The molecule has 19 heavy (non-hydrogen) atoms. The van der Waals surface area contributed by atoms with E-state index in [1.54, 1.807) is 12.1 Å². The maximum Gasteiger partial charge on any atom is 0.255 e. The molecule has 0 spiro atoms. The molecule has 1 aromatic rings. The SMILES string of the molecule is COc1ccc(C(=O)NCCCCl)c(OC)c1OC. The van der Waals surface area contributed by atoms with Crippen molar-refractivity contribution in [2.75, 3.05) is 33.8 Å². The Kier molecular flexibility index (Phi) is 6.29. The van der Waals surface area contributed by atoms with Gasteiger partial charge in [-0.1, -0.05) is 0 Å². The zero-order valence-electron chi connectivity index (χ0n) is 11.3.